The Kier molecular flexibility index (Phi) is 3.93. The smallest absolute Gasteiger partial charge is 0.327 e. The van der Waals surface area contributed by atoms with Crippen molar-refractivity contribution >= 4 is 0 Å². The van der Waals surface area contributed by atoms with Crippen LogP contribution < -0.4 is 5.73 Å². The number of halogens is 3. The lowest BCUT2D eigenvalue weighted by Crippen LogP contribution is -2.44. The summed E-state index contributed by atoms with van der Waals surface area (Å²) >= 11 is 0. The molecule has 0 aromatic heterocycles. The average molecular weight is 237 g/mol. The van der Waals surface area contributed by atoms with E-state index in [0.717, 1.165) is 0 Å². The van der Waals surface area contributed by atoms with Gasteiger partial charge in [-0.15, -0.1) is 0 Å². The van der Waals surface area contributed by atoms with E-state index in [-0.39, 0.29) is 30.2 Å². The number of alkyl halides is 3. The lowest BCUT2D eigenvalue weighted by Gasteiger charge is -2.38. The lowest BCUT2D eigenvalue weighted by atomic mass is 9.71. The van der Waals surface area contributed by atoms with Crippen LogP contribution in [0.4, 0.5) is 13.2 Å². The highest BCUT2D eigenvalue weighted by atomic mass is 19.4. The van der Waals surface area contributed by atoms with Gasteiger partial charge in [0.25, 0.3) is 0 Å². The third kappa shape index (κ3) is 3.37. The predicted molar refractivity (Wildman–Crippen MR) is 58.9 cm³/mol. The van der Waals surface area contributed by atoms with Crippen molar-refractivity contribution in [1.82, 2.24) is 0 Å². The van der Waals surface area contributed by atoms with Crippen LogP contribution in [0.1, 0.15) is 46.5 Å². The zero-order chi connectivity index (χ0) is 12.6. The Morgan fingerprint density at radius 2 is 1.44 bits per heavy atom. The molecule has 96 valence electrons. The van der Waals surface area contributed by atoms with Crippen LogP contribution >= 0.6 is 0 Å². The van der Waals surface area contributed by atoms with Crippen LogP contribution in [0.25, 0.3) is 0 Å². The van der Waals surface area contributed by atoms with E-state index in [4.69, 9.17) is 5.73 Å². The van der Waals surface area contributed by atoms with Gasteiger partial charge in [-0.3, -0.25) is 0 Å². The van der Waals surface area contributed by atoms with Gasteiger partial charge in [0.15, 0.2) is 0 Å². The van der Waals surface area contributed by atoms with Gasteiger partial charge < -0.3 is 5.73 Å². The van der Waals surface area contributed by atoms with Crippen molar-refractivity contribution < 1.29 is 13.2 Å². The number of nitrogens with two attached hydrogens (primary N) is 1. The van der Waals surface area contributed by atoms with Crippen LogP contribution in [0.2, 0.25) is 0 Å². The van der Waals surface area contributed by atoms with Gasteiger partial charge in [0.05, 0.1) is 5.92 Å². The molecule has 1 aliphatic carbocycles. The van der Waals surface area contributed by atoms with E-state index in [1.165, 1.54) is 0 Å². The minimum Gasteiger partial charge on any atom is -0.327 e. The molecule has 1 saturated carbocycles. The summed E-state index contributed by atoms with van der Waals surface area (Å²) in [5.41, 5.74) is 6.08. The van der Waals surface area contributed by atoms with Crippen LogP contribution in [-0.4, -0.2) is 12.2 Å². The van der Waals surface area contributed by atoms with Crippen LogP contribution in [0.5, 0.6) is 0 Å². The van der Waals surface area contributed by atoms with Gasteiger partial charge in [-0.05, 0) is 37.0 Å². The van der Waals surface area contributed by atoms with Crippen LogP contribution in [0.15, 0.2) is 0 Å². The van der Waals surface area contributed by atoms with Gasteiger partial charge >= 0.3 is 6.18 Å². The second kappa shape index (κ2) is 4.55. The van der Waals surface area contributed by atoms with E-state index in [1.807, 2.05) is 20.8 Å². The van der Waals surface area contributed by atoms with Gasteiger partial charge in [-0.2, -0.15) is 13.2 Å². The van der Waals surface area contributed by atoms with Crippen LogP contribution in [0, 0.1) is 17.3 Å². The molecule has 1 fully saturated rings. The molecular formula is C12H22F3N. The fraction of sp³-hybridized carbons (Fsp3) is 1.00. The summed E-state index contributed by atoms with van der Waals surface area (Å²) in [6.45, 7) is 6.15. The minimum absolute atomic E-state index is 0.00156. The first-order chi connectivity index (χ1) is 7.12. The Labute approximate surface area is 95.6 Å². The molecule has 1 aliphatic rings. The monoisotopic (exact) mass is 237 g/mol. The largest absolute Gasteiger partial charge is 0.391 e. The first kappa shape index (κ1) is 13.8. The van der Waals surface area contributed by atoms with Gasteiger partial charge in [0.2, 0.25) is 0 Å². The second-order valence-corrected chi connectivity index (χ2v) is 6.05. The standard InChI is InChI=1S/C12H22F3N/c1-11(2,3)10(16)8-4-6-9(7-5-8)12(13,14)15/h8-10H,4-7,16H2,1-3H3. The molecule has 16 heavy (non-hydrogen) atoms. The van der Waals surface area contributed by atoms with Crippen molar-refractivity contribution in [1.29, 1.82) is 0 Å². The maximum Gasteiger partial charge on any atom is 0.391 e. The third-order valence-corrected chi connectivity index (χ3v) is 3.74. The molecule has 0 saturated heterocycles. The quantitative estimate of drug-likeness (QED) is 0.739. The Morgan fingerprint density at radius 3 is 1.75 bits per heavy atom. The summed E-state index contributed by atoms with van der Waals surface area (Å²) in [5.74, 6) is -0.852. The molecule has 0 spiro atoms. The highest BCUT2D eigenvalue weighted by molar-refractivity contribution is 4.88. The van der Waals surface area contributed by atoms with Crippen molar-refractivity contribution in [3.63, 3.8) is 0 Å². The summed E-state index contributed by atoms with van der Waals surface area (Å²) in [6, 6.07) is 0.00156. The normalized spacial score (nSPS) is 30.2. The fourth-order valence-electron chi connectivity index (χ4n) is 2.51. The molecule has 0 aromatic rings. The van der Waals surface area contributed by atoms with E-state index >= 15 is 0 Å². The zero-order valence-electron chi connectivity index (χ0n) is 10.3. The molecule has 0 heterocycles. The molecule has 1 nitrogen and oxygen atoms in total. The van der Waals surface area contributed by atoms with Crippen molar-refractivity contribution in [2.75, 3.05) is 0 Å². The summed E-state index contributed by atoms with van der Waals surface area (Å²) < 4.78 is 37.4. The van der Waals surface area contributed by atoms with E-state index in [1.54, 1.807) is 0 Å². The molecule has 0 amide bonds. The maximum absolute atomic E-state index is 12.5. The molecule has 2 N–H and O–H groups in total. The number of hydrogen-bond acceptors (Lipinski definition) is 1. The summed E-state index contributed by atoms with van der Waals surface area (Å²) in [6.07, 6.45) is -2.29. The summed E-state index contributed by atoms with van der Waals surface area (Å²) in [4.78, 5) is 0. The average Bonchev–Trinajstić information content (AvgIpc) is 2.14. The molecule has 1 unspecified atom stereocenters. The van der Waals surface area contributed by atoms with Crippen molar-refractivity contribution in [3.8, 4) is 0 Å². The molecule has 4 heteroatoms. The number of hydrogen-bond donors (Lipinski definition) is 1. The highest BCUT2D eigenvalue weighted by Gasteiger charge is 2.43. The molecular weight excluding hydrogens is 215 g/mol. The first-order valence-electron chi connectivity index (χ1n) is 5.94. The van der Waals surface area contributed by atoms with E-state index in [2.05, 4.69) is 0 Å². The maximum atomic E-state index is 12.5. The molecule has 0 radical (unpaired) electrons. The molecule has 0 aromatic carbocycles. The topological polar surface area (TPSA) is 26.0 Å². The van der Waals surface area contributed by atoms with Crippen molar-refractivity contribution in [2.24, 2.45) is 23.0 Å². The van der Waals surface area contributed by atoms with Gasteiger partial charge in [-0.1, -0.05) is 20.8 Å². The van der Waals surface area contributed by atoms with E-state index < -0.39 is 12.1 Å². The SMILES string of the molecule is CC(C)(C)C(N)C1CCC(C(F)(F)F)CC1. The van der Waals surface area contributed by atoms with E-state index in [9.17, 15) is 13.2 Å². The summed E-state index contributed by atoms with van der Waals surface area (Å²) in [7, 11) is 0. The van der Waals surface area contributed by atoms with Crippen LogP contribution in [0.3, 0.4) is 0 Å². The fourth-order valence-corrected chi connectivity index (χ4v) is 2.51. The Hall–Kier alpha value is -0.250. The van der Waals surface area contributed by atoms with Gasteiger partial charge in [0.1, 0.15) is 0 Å². The first-order valence-corrected chi connectivity index (χ1v) is 5.94. The van der Waals surface area contributed by atoms with Crippen LogP contribution in [-0.2, 0) is 0 Å². The Morgan fingerprint density at radius 1 is 1.00 bits per heavy atom. The summed E-state index contributed by atoms with van der Waals surface area (Å²) in [5, 5.41) is 0. The van der Waals surface area contributed by atoms with Crippen molar-refractivity contribution in [2.45, 2.75) is 58.7 Å². The van der Waals surface area contributed by atoms with Gasteiger partial charge in [-0.25, -0.2) is 0 Å². The van der Waals surface area contributed by atoms with Crippen molar-refractivity contribution in [3.05, 3.63) is 0 Å². The minimum atomic E-state index is -4.02. The molecule has 0 bridgehead atoms. The molecule has 1 rings (SSSR count). The number of rotatable bonds is 1. The predicted octanol–water partition coefficient (Wildman–Crippen LogP) is 3.73. The zero-order valence-corrected chi connectivity index (χ0v) is 10.3. The third-order valence-electron chi connectivity index (χ3n) is 3.74. The second-order valence-electron chi connectivity index (χ2n) is 6.05. The molecule has 0 aliphatic heterocycles. The Balaban J connectivity index is 2.50. The highest BCUT2D eigenvalue weighted by Crippen LogP contribution is 2.42. The van der Waals surface area contributed by atoms with Gasteiger partial charge in [0, 0.05) is 6.04 Å². The van der Waals surface area contributed by atoms with E-state index in [0.29, 0.717) is 12.8 Å². The lowest BCUT2D eigenvalue weighted by molar-refractivity contribution is -0.184. The molecule has 1 atom stereocenters. The Bertz CT molecular complexity index is 221.